The van der Waals surface area contributed by atoms with E-state index < -0.39 is 0 Å². The van der Waals surface area contributed by atoms with Gasteiger partial charge in [-0.3, -0.25) is 4.79 Å². The number of H-pyrrole nitrogens is 1. The van der Waals surface area contributed by atoms with E-state index in [-0.39, 0.29) is 5.91 Å². The number of amides is 1. The van der Waals surface area contributed by atoms with Crippen LogP contribution in [-0.2, 0) is 6.54 Å². The maximum absolute atomic E-state index is 13.1. The highest BCUT2D eigenvalue weighted by atomic mass is 16.5. The first kappa shape index (κ1) is 19.8. The Kier molecular flexibility index (Phi) is 5.30. The molecule has 2 N–H and O–H groups in total. The van der Waals surface area contributed by atoms with Crippen molar-refractivity contribution in [3.8, 4) is 17.0 Å². The van der Waals surface area contributed by atoms with Crippen molar-refractivity contribution in [1.82, 2.24) is 15.3 Å². The van der Waals surface area contributed by atoms with Crippen LogP contribution in [0.5, 0.6) is 5.75 Å². The number of carbonyl (C=O) groups excluding carboxylic acids is 1. The Hall–Kier alpha value is -4.12. The molecule has 0 atom stereocenters. The summed E-state index contributed by atoms with van der Waals surface area (Å²) in [5.41, 5.74) is 4.85. The van der Waals surface area contributed by atoms with Crippen molar-refractivity contribution in [3.05, 3.63) is 96.2 Å². The first-order valence-corrected chi connectivity index (χ1v) is 10.7. The van der Waals surface area contributed by atoms with Crippen LogP contribution in [0.2, 0.25) is 0 Å². The van der Waals surface area contributed by atoms with Gasteiger partial charge >= 0.3 is 0 Å². The SMILES string of the molecule is CCOc1ccccc1-c1nc(C(=O)NCc2ccccc2)cc2c1[nH]c1ccccc12. The highest BCUT2D eigenvalue weighted by Crippen LogP contribution is 2.36. The van der Waals surface area contributed by atoms with Crippen LogP contribution in [0.4, 0.5) is 0 Å². The number of hydrogen-bond acceptors (Lipinski definition) is 3. The van der Waals surface area contributed by atoms with Crippen molar-refractivity contribution in [3.63, 3.8) is 0 Å². The molecule has 0 radical (unpaired) electrons. The number of aromatic nitrogens is 2. The first-order chi connectivity index (χ1) is 15.7. The lowest BCUT2D eigenvalue weighted by molar-refractivity contribution is 0.0946. The third kappa shape index (κ3) is 3.69. The first-order valence-electron chi connectivity index (χ1n) is 10.7. The number of pyridine rings is 1. The zero-order valence-corrected chi connectivity index (χ0v) is 17.8. The summed E-state index contributed by atoms with van der Waals surface area (Å²) < 4.78 is 5.87. The molecule has 0 bridgehead atoms. The Morgan fingerprint density at radius 2 is 1.69 bits per heavy atom. The molecule has 0 spiro atoms. The molecule has 5 aromatic rings. The lowest BCUT2D eigenvalue weighted by atomic mass is 10.1. The summed E-state index contributed by atoms with van der Waals surface area (Å²) in [5.74, 6) is 0.528. The van der Waals surface area contributed by atoms with E-state index in [1.54, 1.807) is 0 Å². The van der Waals surface area contributed by atoms with E-state index in [0.717, 1.165) is 38.7 Å². The molecule has 2 heterocycles. The summed E-state index contributed by atoms with van der Waals surface area (Å²) in [6.45, 7) is 2.94. The van der Waals surface area contributed by atoms with Crippen LogP contribution >= 0.6 is 0 Å². The molecule has 0 aliphatic rings. The summed E-state index contributed by atoms with van der Waals surface area (Å²) in [6.07, 6.45) is 0. The number of rotatable bonds is 6. The average Bonchev–Trinajstić information content (AvgIpc) is 3.22. The molecule has 0 saturated carbocycles. The summed E-state index contributed by atoms with van der Waals surface area (Å²) in [4.78, 5) is 21.4. The van der Waals surface area contributed by atoms with Crippen LogP contribution in [0.3, 0.4) is 0 Å². The highest BCUT2D eigenvalue weighted by Gasteiger charge is 2.19. The normalized spacial score (nSPS) is 11.0. The Morgan fingerprint density at radius 1 is 0.938 bits per heavy atom. The highest BCUT2D eigenvalue weighted by molar-refractivity contribution is 6.13. The molecule has 5 nitrogen and oxygen atoms in total. The van der Waals surface area contributed by atoms with Gasteiger partial charge < -0.3 is 15.0 Å². The van der Waals surface area contributed by atoms with Crippen LogP contribution in [-0.4, -0.2) is 22.5 Å². The van der Waals surface area contributed by atoms with E-state index >= 15 is 0 Å². The van der Waals surface area contributed by atoms with Crippen molar-refractivity contribution in [1.29, 1.82) is 0 Å². The minimum atomic E-state index is -0.212. The number of aromatic amines is 1. The van der Waals surface area contributed by atoms with Crippen molar-refractivity contribution < 1.29 is 9.53 Å². The topological polar surface area (TPSA) is 67.0 Å². The van der Waals surface area contributed by atoms with Crippen molar-refractivity contribution in [2.45, 2.75) is 13.5 Å². The number of hydrogen-bond donors (Lipinski definition) is 2. The molecule has 3 aromatic carbocycles. The van der Waals surface area contributed by atoms with Gasteiger partial charge in [0.05, 0.1) is 17.8 Å². The second-order valence-electron chi connectivity index (χ2n) is 7.55. The Bertz CT molecular complexity index is 1410. The third-order valence-corrected chi connectivity index (χ3v) is 5.47. The fourth-order valence-electron chi connectivity index (χ4n) is 3.97. The molecule has 5 rings (SSSR count). The fraction of sp³-hybridized carbons (Fsp3) is 0.111. The molecular formula is C27H23N3O2. The standard InChI is InChI=1S/C27H23N3O2/c1-2-32-24-15-9-7-13-20(24)25-26-21(19-12-6-8-14-22(19)29-26)16-23(30-25)27(31)28-17-18-10-4-3-5-11-18/h3-16,29H,2,17H2,1H3,(H,28,31). The van der Waals surface area contributed by atoms with Gasteiger partial charge in [-0.25, -0.2) is 4.98 Å². The van der Waals surface area contributed by atoms with E-state index in [1.165, 1.54) is 0 Å². The molecule has 158 valence electrons. The molecule has 2 aromatic heterocycles. The number of carbonyl (C=O) groups is 1. The van der Waals surface area contributed by atoms with Gasteiger partial charge in [-0.2, -0.15) is 0 Å². The quantitative estimate of drug-likeness (QED) is 0.369. The number of ether oxygens (including phenoxy) is 1. The average molecular weight is 422 g/mol. The molecule has 0 aliphatic heterocycles. The van der Waals surface area contributed by atoms with Gasteiger partial charge in [0.2, 0.25) is 0 Å². The predicted molar refractivity (Wildman–Crippen MR) is 128 cm³/mol. The summed E-state index contributed by atoms with van der Waals surface area (Å²) in [5, 5.41) is 5.01. The lowest BCUT2D eigenvalue weighted by Gasteiger charge is -2.12. The van der Waals surface area contributed by atoms with Gasteiger partial charge in [-0.05, 0) is 36.8 Å². The number of nitrogens with one attached hydrogen (secondary N) is 2. The minimum Gasteiger partial charge on any atom is -0.493 e. The van der Waals surface area contributed by atoms with Gasteiger partial charge in [0.15, 0.2) is 0 Å². The molecule has 0 saturated heterocycles. The number of fused-ring (bicyclic) bond motifs is 3. The molecule has 1 amide bonds. The predicted octanol–water partition coefficient (Wildman–Crippen LogP) is 5.71. The third-order valence-electron chi connectivity index (χ3n) is 5.47. The molecule has 0 aliphatic carbocycles. The second-order valence-corrected chi connectivity index (χ2v) is 7.55. The maximum atomic E-state index is 13.1. The molecule has 32 heavy (non-hydrogen) atoms. The Balaban J connectivity index is 1.65. The molecule has 0 fully saturated rings. The smallest absolute Gasteiger partial charge is 0.270 e. The number of nitrogens with zero attached hydrogens (tertiary/aromatic N) is 1. The van der Waals surface area contributed by atoms with E-state index in [1.807, 2.05) is 85.8 Å². The van der Waals surface area contributed by atoms with Crippen molar-refractivity contribution in [2.24, 2.45) is 0 Å². The van der Waals surface area contributed by atoms with Crippen LogP contribution in [0, 0.1) is 0 Å². The number of benzene rings is 3. The molecular weight excluding hydrogens is 398 g/mol. The van der Waals surface area contributed by atoms with E-state index in [2.05, 4.69) is 16.4 Å². The van der Waals surface area contributed by atoms with E-state index in [9.17, 15) is 4.79 Å². The monoisotopic (exact) mass is 421 g/mol. The fourth-order valence-corrected chi connectivity index (χ4v) is 3.97. The van der Waals surface area contributed by atoms with E-state index in [0.29, 0.717) is 24.5 Å². The largest absolute Gasteiger partial charge is 0.493 e. The van der Waals surface area contributed by atoms with Gasteiger partial charge in [0.25, 0.3) is 5.91 Å². The van der Waals surface area contributed by atoms with Gasteiger partial charge in [-0.1, -0.05) is 60.7 Å². The zero-order valence-electron chi connectivity index (χ0n) is 17.8. The minimum absolute atomic E-state index is 0.212. The molecule has 5 heteroatoms. The Labute approximate surface area is 186 Å². The summed E-state index contributed by atoms with van der Waals surface area (Å²) >= 11 is 0. The van der Waals surface area contributed by atoms with Gasteiger partial charge in [0, 0.05) is 28.4 Å². The van der Waals surface area contributed by atoms with Crippen LogP contribution in [0.15, 0.2) is 84.9 Å². The van der Waals surface area contributed by atoms with Crippen molar-refractivity contribution in [2.75, 3.05) is 6.61 Å². The van der Waals surface area contributed by atoms with Crippen LogP contribution in [0.25, 0.3) is 33.1 Å². The van der Waals surface area contributed by atoms with Gasteiger partial charge in [0.1, 0.15) is 11.4 Å². The van der Waals surface area contributed by atoms with Gasteiger partial charge in [-0.15, -0.1) is 0 Å². The zero-order chi connectivity index (χ0) is 21.9. The molecule has 0 unspecified atom stereocenters. The van der Waals surface area contributed by atoms with Crippen LogP contribution in [0.1, 0.15) is 23.0 Å². The summed E-state index contributed by atoms with van der Waals surface area (Å²) in [6, 6.07) is 27.6. The van der Waals surface area contributed by atoms with Crippen molar-refractivity contribution >= 4 is 27.7 Å². The maximum Gasteiger partial charge on any atom is 0.270 e. The second kappa shape index (κ2) is 8.55. The lowest BCUT2D eigenvalue weighted by Crippen LogP contribution is -2.24. The van der Waals surface area contributed by atoms with Crippen LogP contribution < -0.4 is 10.1 Å². The summed E-state index contributed by atoms with van der Waals surface area (Å²) in [7, 11) is 0. The van der Waals surface area contributed by atoms with E-state index in [4.69, 9.17) is 9.72 Å². The Morgan fingerprint density at radius 3 is 2.53 bits per heavy atom. The number of para-hydroxylation sites is 2.